The third-order valence-corrected chi connectivity index (χ3v) is 8.48. The second-order valence-electron chi connectivity index (χ2n) is 8.27. The van der Waals surface area contributed by atoms with Gasteiger partial charge in [-0.2, -0.15) is 0 Å². The van der Waals surface area contributed by atoms with E-state index in [0.717, 1.165) is 51.2 Å². The first-order chi connectivity index (χ1) is 13.7. The minimum Gasteiger partial charge on any atom is -0.367 e. The summed E-state index contributed by atoms with van der Waals surface area (Å²) in [5.41, 5.74) is 3.40. The fourth-order valence-corrected chi connectivity index (χ4v) is 6.59. The van der Waals surface area contributed by atoms with Crippen molar-refractivity contribution in [2.24, 2.45) is 0 Å². The lowest BCUT2D eigenvalue weighted by molar-refractivity contribution is 0.460. The van der Waals surface area contributed by atoms with Crippen LogP contribution in [0.5, 0.6) is 0 Å². The molecule has 0 N–H and O–H groups in total. The van der Waals surface area contributed by atoms with Gasteiger partial charge in [-0.25, -0.2) is 16.8 Å². The highest BCUT2D eigenvalue weighted by atomic mass is 32.2. The van der Waals surface area contributed by atoms with Crippen LogP contribution in [0.25, 0.3) is 0 Å². The lowest BCUT2D eigenvalue weighted by Crippen LogP contribution is -2.36. The maximum absolute atomic E-state index is 12.5. The first-order valence-corrected chi connectivity index (χ1v) is 13.8. The van der Waals surface area contributed by atoms with E-state index in [0.29, 0.717) is 11.6 Å². The Kier molecular flexibility index (Phi) is 5.23. The minimum absolute atomic E-state index is 0.0421. The lowest BCUT2D eigenvalue weighted by atomic mass is 9.78. The predicted molar refractivity (Wildman–Crippen MR) is 115 cm³/mol. The predicted octanol–water partition coefficient (Wildman–Crippen LogP) is 3.58. The van der Waals surface area contributed by atoms with Gasteiger partial charge in [-0.15, -0.1) is 0 Å². The zero-order valence-corrected chi connectivity index (χ0v) is 18.5. The van der Waals surface area contributed by atoms with Gasteiger partial charge in [0.1, 0.15) is 0 Å². The van der Waals surface area contributed by atoms with Gasteiger partial charge >= 0.3 is 0 Å². The van der Waals surface area contributed by atoms with Gasteiger partial charge in [0, 0.05) is 31.0 Å². The Balaban J connectivity index is 1.79. The Bertz CT molecular complexity index is 1140. The molecule has 1 heterocycles. The third kappa shape index (κ3) is 3.94. The molecule has 156 valence electrons. The van der Waals surface area contributed by atoms with Gasteiger partial charge in [0.25, 0.3) is 0 Å². The number of rotatable bonds is 4. The van der Waals surface area contributed by atoms with Crippen LogP contribution in [0.4, 0.5) is 5.69 Å². The van der Waals surface area contributed by atoms with Crippen molar-refractivity contribution >= 4 is 25.4 Å². The van der Waals surface area contributed by atoms with Crippen molar-refractivity contribution in [2.75, 3.05) is 24.0 Å². The average Bonchev–Trinajstić information content (AvgIpc) is 3.15. The summed E-state index contributed by atoms with van der Waals surface area (Å²) in [6.45, 7) is 0.782. The molecule has 1 aliphatic heterocycles. The van der Waals surface area contributed by atoms with Crippen molar-refractivity contribution in [1.29, 1.82) is 0 Å². The normalized spacial score (nSPS) is 22.5. The van der Waals surface area contributed by atoms with Crippen LogP contribution >= 0.6 is 0 Å². The molecule has 0 unspecified atom stereocenters. The van der Waals surface area contributed by atoms with Crippen LogP contribution in [0.15, 0.2) is 52.3 Å². The second-order valence-corrected chi connectivity index (χ2v) is 12.3. The summed E-state index contributed by atoms with van der Waals surface area (Å²) < 4.78 is 49.1. The van der Waals surface area contributed by atoms with E-state index >= 15 is 0 Å². The van der Waals surface area contributed by atoms with E-state index in [1.165, 1.54) is 23.3 Å². The van der Waals surface area contributed by atoms with E-state index in [1.807, 2.05) is 0 Å². The summed E-state index contributed by atoms with van der Waals surface area (Å²) in [6.07, 6.45) is 7.59. The monoisotopic (exact) mass is 433 g/mol. The maximum Gasteiger partial charge on any atom is 0.177 e. The van der Waals surface area contributed by atoms with Crippen LogP contribution in [-0.4, -0.2) is 41.9 Å². The fraction of sp³-hybridized carbons (Fsp3) is 0.455. The Hall–Kier alpha value is -1.86. The van der Waals surface area contributed by atoms with Gasteiger partial charge in [0.15, 0.2) is 19.7 Å². The molecule has 29 heavy (non-hydrogen) atoms. The second kappa shape index (κ2) is 7.43. The molecule has 1 fully saturated rings. The molecule has 7 heteroatoms. The summed E-state index contributed by atoms with van der Waals surface area (Å²) in [4.78, 5) is 2.35. The first-order valence-electron chi connectivity index (χ1n) is 10.0. The van der Waals surface area contributed by atoms with Crippen molar-refractivity contribution in [3.05, 3.63) is 53.6 Å². The number of aryl methyl sites for hydroxylation is 1. The molecular formula is C22H27NO4S2. The van der Waals surface area contributed by atoms with E-state index in [1.54, 1.807) is 6.07 Å². The average molecular weight is 434 g/mol. The molecule has 2 aromatic carbocycles. The number of nitrogens with zero attached hydrogens (tertiary/aromatic N) is 1. The largest absolute Gasteiger partial charge is 0.367 e. The Labute approximate surface area is 173 Å². The first kappa shape index (κ1) is 20.4. The van der Waals surface area contributed by atoms with Crippen molar-refractivity contribution in [1.82, 2.24) is 0 Å². The molecular weight excluding hydrogens is 406 g/mol. The molecule has 0 saturated carbocycles. The lowest BCUT2D eigenvalue weighted by Gasteiger charge is -2.37. The van der Waals surface area contributed by atoms with Crippen LogP contribution < -0.4 is 4.90 Å². The summed E-state index contributed by atoms with van der Waals surface area (Å²) in [7, 11) is -7.06. The van der Waals surface area contributed by atoms with Crippen molar-refractivity contribution < 1.29 is 16.8 Å². The van der Waals surface area contributed by atoms with Gasteiger partial charge in [0.05, 0.1) is 15.5 Å². The smallest absolute Gasteiger partial charge is 0.177 e. The van der Waals surface area contributed by atoms with E-state index in [-0.39, 0.29) is 15.8 Å². The molecule has 0 radical (unpaired) electrons. The van der Waals surface area contributed by atoms with Crippen molar-refractivity contribution in [3.8, 4) is 0 Å². The summed E-state index contributed by atoms with van der Waals surface area (Å²) in [5.74, 6) is 0.365. The molecule has 0 spiro atoms. The topological polar surface area (TPSA) is 71.5 Å². The number of benzene rings is 2. The van der Waals surface area contributed by atoms with Gasteiger partial charge in [-0.3, -0.25) is 0 Å². The molecule has 2 atom stereocenters. The Morgan fingerprint density at radius 1 is 0.897 bits per heavy atom. The number of anilines is 1. The highest BCUT2D eigenvalue weighted by molar-refractivity contribution is 7.91. The number of fused-ring (bicyclic) bond motifs is 1. The van der Waals surface area contributed by atoms with Crippen molar-refractivity contribution in [3.63, 3.8) is 0 Å². The van der Waals surface area contributed by atoms with E-state index in [2.05, 4.69) is 29.2 Å². The molecule has 0 bridgehead atoms. The van der Waals surface area contributed by atoms with Crippen LogP contribution in [-0.2, 0) is 26.1 Å². The van der Waals surface area contributed by atoms with Crippen LogP contribution in [0.3, 0.4) is 0 Å². The molecule has 1 aliphatic carbocycles. The van der Waals surface area contributed by atoms with Crippen LogP contribution in [0.2, 0.25) is 0 Å². The Morgan fingerprint density at radius 2 is 1.66 bits per heavy atom. The highest BCUT2D eigenvalue weighted by Crippen LogP contribution is 2.43. The number of sulfone groups is 2. The quantitative estimate of drug-likeness (QED) is 0.737. The maximum atomic E-state index is 12.5. The number of hydrogen-bond donors (Lipinski definition) is 0. The van der Waals surface area contributed by atoms with Crippen LogP contribution in [0.1, 0.15) is 42.7 Å². The number of hydrogen-bond acceptors (Lipinski definition) is 5. The summed E-state index contributed by atoms with van der Waals surface area (Å²) in [6, 6.07) is 13.3. The van der Waals surface area contributed by atoms with Crippen molar-refractivity contribution in [2.45, 2.75) is 53.9 Å². The molecule has 0 aromatic heterocycles. The standard InChI is InChI=1S/C22H27NO4S2/c1-28(24,25)17-12-13-21(22(15-17)29(2,26)27)23-14-6-11-20(23)19-10-5-8-16-7-3-4-9-18(16)19/h3-4,7,9,12-13,15,19-20H,5-6,8,10-11,14H2,1-2H3/t19-,20+/m0/s1. The van der Waals surface area contributed by atoms with E-state index in [9.17, 15) is 16.8 Å². The molecule has 0 amide bonds. The molecule has 2 aliphatic rings. The van der Waals surface area contributed by atoms with Gasteiger partial charge < -0.3 is 4.90 Å². The molecule has 1 saturated heterocycles. The minimum atomic E-state index is -3.57. The highest BCUT2D eigenvalue weighted by Gasteiger charge is 2.36. The molecule has 5 nitrogen and oxygen atoms in total. The molecule has 2 aromatic rings. The summed E-state index contributed by atoms with van der Waals surface area (Å²) in [5, 5.41) is 0. The fourth-order valence-electron chi connectivity index (χ4n) is 4.96. The zero-order valence-electron chi connectivity index (χ0n) is 16.8. The van der Waals surface area contributed by atoms with E-state index in [4.69, 9.17) is 0 Å². The third-order valence-electron chi connectivity index (χ3n) is 6.25. The molecule has 4 rings (SSSR count). The summed E-state index contributed by atoms with van der Waals surface area (Å²) >= 11 is 0. The Morgan fingerprint density at radius 3 is 2.38 bits per heavy atom. The van der Waals surface area contributed by atoms with Gasteiger partial charge in [-0.05, 0) is 61.4 Å². The van der Waals surface area contributed by atoms with Gasteiger partial charge in [0.2, 0.25) is 0 Å². The van der Waals surface area contributed by atoms with Gasteiger partial charge in [-0.1, -0.05) is 24.3 Å². The van der Waals surface area contributed by atoms with Crippen LogP contribution in [0, 0.1) is 0 Å². The SMILES string of the molecule is CS(=O)(=O)c1ccc(N2CCC[C@@H]2[C@H]2CCCc3ccccc32)c(S(C)(=O)=O)c1. The zero-order chi connectivity index (χ0) is 20.8. The van der Waals surface area contributed by atoms with E-state index < -0.39 is 19.7 Å².